The molecule has 0 aromatic heterocycles. The number of carbonyl (C=O) groups excluding carboxylic acids is 1. The highest BCUT2D eigenvalue weighted by atomic mass is 32.2. The van der Waals surface area contributed by atoms with Crippen molar-refractivity contribution in [2.24, 2.45) is 0 Å². The Morgan fingerprint density at radius 2 is 1.65 bits per heavy atom. The van der Waals surface area contributed by atoms with Gasteiger partial charge in [-0.15, -0.1) is 0 Å². The van der Waals surface area contributed by atoms with Crippen LogP contribution in [0, 0.1) is 0 Å². The van der Waals surface area contributed by atoms with Crippen LogP contribution in [0.5, 0.6) is 0 Å². The molecule has 3 aromatic rings. The van der Waals surface area contributed by atoms with E-state index < -0.39 is 16.0 Å². The zero-order chi connectivity index (χ0) is 18.7. The average molecular weight is 369 g/mol. The predicted octanol–water partition coefficient (Wildman–Crippen LogP) is 3.45. The van der Waals surface area contributed by atoms with E-state index >= 15 is 0 Å². The second-order valence-corrected chi connectivity index (χ2v) is 8.18. The normalized spacial score (nSPS) is 11.7. The lowest BCUT2D eigenvalue weighted by molar-refractivity contribution is 0.0474. The van der Waals surface area contributed by atoms with Gasteiger partial charge in [-0.1, -0.05) is 48.5 Å². The van der Waals surface area contributed by atoms with Crippen molar-refractivity contribution >= 4 is 26.8 Å². The Balaban J connectivity index is 1.81. The Kier molecular flexibility index (Phi) is 5.06. The Hall–Kier alpha value is -2.70. The fraction of sp³-hybridized carbons (Fsp3) is 0.150. The van der Waals surface area contributed by atoms with Crippen molar-refractivity contribution in [1.29, 1.82) is 0 Å². The maximum Gasteiger partial charge on any atom is 0.338 e. The number of carbonyl (C=O) groups is 1. The van der Waals surface area contributed by atoms with Gasteiger partial charge in [0.2, 0.25) is 10.0 Å². The molecule has 0 bridgehead atoms. The Bertz CT molecular complexity index is 1050. The highest BCUT2D eigenvalue weighted by Crippen LogP contribution is 2.20. The fourth-order valence-corrected chi connectivity index (χ4v) is 3.59. The highest BCUT2D eigenvalue weighted by molar-refractivity contribution is 7.89. The summed E-state index contributed by atoms with van der Waals surface area (Å²) in [5.74, 6) is -0.561. The van der Waals surface area contributed by atoms with E-state index in [1.54, 1.807) is 6.07 Å². The number of sulfonamides is 1. The topological polar surface area (TPSA) is 63.7 Å². The molecule has 3 aromatic carbocycles. The van der Waals surface area contributed by atoms with Gasteiger partial charge in [-0.3, -0.25) is 0 Å². The lowest BCUT2D eigenvalue weighted by Gasteiger charge is -2.12. The van der Waals surface area contributed by atoms with E-state index in [4.69, 9.17) is 4.74 Å². The SMILES string of the molecule is CN(C)S(=O)(=O)c1cccc(C(=O)OCc2cccc3ccccc23)c1. The molecule has 0 aliphatic heterocycles. The van der Waals surface area contributed by atoms with Crippen LogP contribution in [-0.4, -0.2) is 32.8 Å². The van der Waals surface area contributed by atoms with Crippen LogP contribution >= 0.6 is 0 Å². The molecule has 26 heavy (non-hydrogen) atoms. The number of esters is 1. The Labute approximate surface area is 152 Å². The van der Waals surface area contributed by atoms with Crippen molar-refractivity contribution in [3.8, 4) is 0 Å². The van der Waals surface area contributed by atoms with Crippen LogP contribution in [0.25, 0.3) is 10.8 Å². The summed E-state index contributed by atoms with van der Waals surface area (Å²) in [6, 6.07) is 19.5. The second-order valence-electron chi connectivity index (χ2n) is 6.03. The third kappa shape index (κ3) is 3.61. The van der Waals surface area contributed by atoms with Gasteiger partial charge in [0, 0.05) is 14.1 Å². The average Bonchev–Trinajstić information content (AvgIpc) is 2.66. The molecular weight excluding hydrogens is 350 g/mol. The summed E-state index contributed by atoms with van der Waals surface area (Å²) < 4.78 is 30.9. The summed E-state index contributed by atoms with van der Waals surface area (Å²) in [6.45, 7) is 0.116. The number of nitrogens with zero attached hydrogens (tertiary/aromatic N) is 1. The molecule has 0 N–H and O–H groups in total. The van der Waals surface area contributed by atoms with Gasteiger partial charge in [0.05, 0.1) is 10.5 Å². The van der Waals surface area contributed by atoms with Gasteiger partial charge in [0.15, 0.2) is 0 Å². The van der Waals surface area contributed by atoms with E-state index in [0.717, 1.165) is 20.6 Å². The van der Waals surface area contributed by atoms with Crippen molar-refractivity contribution in [1.82, 2.24) is 4.31 Å². The number of rotatable bonds is 5. The molecular formula is C20H19NO4S. The summed E-state index contributed by atoms with van der Waals surface area (Å²) in [4.78, 5) is 12.4. The molecule has 0 spiro atoms. The van der Waals surface area contributed by atoms with Gasteiger partial charge in [0.25, 0.3) is 0 Å². The minimum absolute atomic E-state index is 0.0575. The predicted molar refractivity (Wildman–Crippen MR) is 100 cm³/mol. The first-order valence-electron chi connectivity index (χ1n) is 8.06. The van der Waals surface area contributed by atoms with Crippen molar-refractivity contribution in [2.75, 3.05) is 14.1 Å². The molecule has 0 aliphatic rings. The summed E-state index contributed by atoms with van der Waals surface area (Å²) in [7, 11) is -0.713. The Morgan fingerprint density at radius 1 is 0.962 bits per heavy atom. The Morgan fingerprint density at radius 3 is 2.42 bits per heavy atom. The van der Waals surface area contributed by atoms with Crippen LogP contribution in [0.15, 0.2) is 71.6 Å². The van der Waals surface area contributed by atoms with E-state index in [-0.39, 0.29) is 17.1 Å². The summed E-state index contributed by atoms with van der Waals surface area (Å²) in [5, 5.41) is 2.09. The first-order chi connectivity index (χ1) is 12.4. The zero-order valence-electron chi connectivity index (χ0n) is 14.5. The van der Waals surface area contributed by atoms with E-state index in [2.05, 4.69) is 0 Å². The largest absolute Gasteiger partial charge is 0.457 e. The van der Waals surface area contributed by atoms with Gasteiger partial charge in [0.1, 0.15) is 6.61 Å². The summed E-state index contributed by atoms with van der Waals surface area (Å²) in [5.41, 5.74) is 1.10. The lowest BCUT2D eigenvalue weighted by atomic mass is 10.1. The van der Waals surface area contributed by atoms with Crippen LogP contribution in [0.3, 0.4) is 0 Å². The minimum Gasteiger partial charge on any atom is -0.457 e. The fourth-order valence-electron chi connectivity index (χ4n) is 2.64. The summed E-state index contributed by atoms with van der Waals surface area (Å²) in [6.07, 6.45) is 0. The standard InChI is InChI=1S/C20H19NO4S/c1-21(2)26(23,24)18-11-6-9-16(13-18)20(22)25-14-17-10-5-8-15-7-3-4-12-19(15)17/h3-13H,14H2,1-2H3. The number of ether oxygens (including phenoxy) is 1. The minimum atomic E-state index is -3.60. The monoisotopic (exact) mass is 369 g/mol. The number of hydrogen-bond acceptors (Lipinski definition) is 4. The number of fused-ring (bicyclic) bond motifs is 1. The van der Waals surface area contributed by atoms with Crippen molar-refractivity contribution < 1.29 is 17.9 Å². The summed E-state index contributed by atoms with van der Waals surface area (Å²) >= 11 is 0. The van der Waals surface area contributed by atoms with E-state index in [1.807, 2.05) is 42.5 Å². The molecule has 0 amide bonds. The molecule has 5 nitrogen and oxygen atoms in total. The molecule has 6 heteroatoms. The maximum absolute atomic E-state index is 12.4. The molecule has 134 valence electrons. The van der Waals surface area contributed by atoms with Crippen LogP contribution in [0.1, 0.15) is 15.9 Å². The third-order valence-corrected chi connectivity index (χ3v) is 5.90. The van der Waals surface area contributed by atoms with E-state index in [0.29, 0.717) is 0 Å². The first kappa shape index (κ1) is 18.1. The van der Waals surface area contributed by atoms with Gasteiger partial charge in [-0.25, -0.2) is 17.5 Å². The van der Waals surface area contributed by atoms with E-state index in [1.165, 1.54) is 32.3 Å². The molecule has 0 saturated carbocycles. The molecule has 0 fully saturated rings. The van der Waals surface area contributed by atoms with Gasteiger partial charge in [-0.05, 0) is 34.5 Å². The first-order valence-corrected chi connectivity index (χ1v) is 9.50. The van der Waals surface area contributed by atoms with Crippen molar-refractivity contribution in [3.63, 3.8) is 0 Å². The zero-order valence-corrected chi connectivity index (χ0v) is 15.4. The van der Waals surface area contributed by atoms with Crippen LogP contribution < -0.4 is 0 Å². The quantitative estimate of drug-likeness (QED) is 0.646. The second kappa shape index (κ2) is 7.27. The third-order valence-electron chi connectivity index (χ3n) is 4.09. The molecule has 0 atom stereocenters. The molecule has 0 aliphatic carbocycles. The number of hydrogen-bond donors (Lipinski definition) is 0. The molecule has 0 unspecified atom stereocenters. The molecule has 0 saturated heterocycles. The highest BCUT2D eigenvalue weighted by Gasteiger charge is 2.19. The smallest absolute Gasteiger partial charge is 0.338 e. The van der Waals surface area contributed by atoms with Crippen molar-refractivity contribution in [3.05, 3.63) is 77.9 Å². The van der Waals surface area contributed by atoms with Crippen LogP contribution in [0.4, 0.5) is 0 Å². The maximum atomic E-state index is 12.4. The van der Waals surface area contributed by atoms with Crippen LogP contribution in [0.2, 0.25) is 0 Å². The van der Waals surface area contributed by atoms with Crippen molar-refractivity contribution in [2.45, 2.75) is 11.5 Å². The van der Waals surface area contributed by atoms with Gasteiger partial charge in [-0.2, -0.15) is 0 Å². The lowest BCUT2D eigenvalue weighted by Crippen LogP contribution is -2.22. The number of benzene rings is 3. The molecule has 0 heterocycles. The van der Waals surface area contributed by atoms with Gasteiger partial charge >= 0.3 is 5.97 Å². The van der Waals surface area contributed by atoms with E-state index in [9.17, 15) is 13.2 Å². The van der Waals surface area contributed by atoms with Crippen LogP contribution in [-0.2, 0) is 21.4 Å². The molecule has 3 rings (SSSR count). The molecule has 0 radical (unpaired) electrons. The van der Waals surface area contributed by atoms with Gasteiger partial charge < -0.3 is 4.74 Å².